The maximum atomic E-state index is 6.41. The Morgan fingerprint density at radius 2 is 2.06 bits per heavy atom. The first-order valence-electron chi connectivity index (χ1n) is 6.40. The molecule has 3 rings (SSSR count). The maximum absolute atomic E-state index is 6.41. The van der Waals surface area contributed by atoms with Crippen molar-refractivity contribution in [2.24, 2.45) is 5.73 Å². The van der Waals surface area contributed by atoms with E-state index in [-0.39, 0.29) is 12.1 Å². The van der Waals surface area contributed by atoms with Gasteiger partial charge in [-0.25, -0.2) is 9.67 Å². The van der Waals surface area contributed by atoms with E-state index in [1.54, 1.807) is 0 Å². The molecule has 0 fully saturated rings. The van der Waals surface area contributed by atoms with Crippen LogP contribution in [0.4, 0.5) is 0 Å². The fourth-order valence-corrected chi connectivity index (χ4v) is 2.90. The highest BCUT2D eigenvalue weighted by Crippen LogP contribution is 2.35. The van der Waals surface area contributed by atoms with Crippen LogP contribution >= 0.6 is 0 Å². The highest BCUT2D eigenvalue weighted by Gasteiger charge is 2.29. The lowest BCUT2D eigenvalue weighted by molar-refractivity contribution is 0.335. The van der Waals surface area contributed by atoms with Gasteiger partial charge in [0.05, 0.1) is 12.1 Å². The van der Waals surface area contributed by atoms with Crippen LogP contribution < -0.4 is 5.73 Å². The van der Waals surface area contributed by atoms with E-state index in [0.29, 0.717) is 0 Å². The lowest BCUT2D eigenvalue weighted by Gasteiger charge is -2.31. The Balaban J connectivity index is 2.00. The summed E-state index contributed by atoms with van der Waals surface area (Å²) in [6.45, 7) is 3.92. The smallest absolute Gasteiger partial charge is 0.147 e. The zero-order valence-corrected chi connectivity index (χ0v) is 10.8. The van der Waals surface area contributed by atoms with E-state index >= 15 is 0 Å². The molecule has 1 aromatic carbocycles. The van der Waals surface area contributed by atoms with E-state index in [1.807, 2.05) is 18.5 Å². The number of fused-ring (bicyclic) bond motifs is 1. The van der Waals surface area contributed by atoms with Gasteiger partial charge >= 0.3 is 0 Å². The molecule has 94 valence electrons. The molecule has 2 N–H and O–H groups in total. The number of hydrogen-bond donors (Lipinski definition) is 1. The first-order valence-corrected chi connectivity index (χ1v) is 6.40. The first-order chi connectivity index (χ1) is 8.66. The molecular weight excluding hydrogens is 224 g/mol. The van der Waals surface area contributed by atoms with Gasteiger partial charge in [-0.3, -0.25) is 0 Å². The molecule has 0 radical (unpaired) electrons. The third-order valence-corrected chi connectivity index (χ3v) is 3.76. The van der Waals surface area contributed by atoms with Crippen molar-refractivity contribution in [2.75, 3.05) is 0 Å². The number of nitrogens with two attached hydrogens (primary N) is 1. The first kappa shape index (κ1) is 11.4. The average Bonchev–Trinajstić information content (AvgIpc) is 2.69. The number of aryl methyl sites for hydroxylation is 3. The molecule has 1 aliphatic carbocycles. The van der Waals surface area contributed by atoms with Gasteiger partial charge in [0.15, 0.2) is 0 Å². The molecule has 4 nitrogen and oxygen atoms in total. The summed E-state index contributed by atoms with van der Waals surface area (Å²) in [4.78, 5) is 4.37. The zero-order chi connectivity index (χ0) is 12.7. The summed E-state index contributed by atoms with van der Waals surface area (Å²) < 4.78 is 2.00. The van der Waals surface area contributed by atoms with Crippen LogP contribution in [0.5, 0.6) is 0 Å². The highest BCUT2D eigenvalue weighted by molar-refractivity contribution is 5.33. The zero-order valence-electron chi connectivity index (χ0n) is 10.8. The standard InChI is InChI=1S/C14H18N4/c1-9-16-10(2)18(17-9)13-8-7-11-5-3-4-6-12(11)14(13)15/h3-6,13-14H,7-8,15H2,1-2H3. The van der Waals surface area contributed by atoms with E-state index in [9.17, 15) is 0 Å². The van der Waals surface area contributed by atoms with Gasteiger partial charge in [-0.2, -0.15) is 5.10 Å². The molecule has 2 atom stereocenters. The minimum Gasteiger partial charge on any atom is -0.322 e. The summed E-state index contributed by atoms with van der Waals surface area (Å²) in [6, 6.07) is 8.67. The normalized spacial score (nSPS) is 22.8. The molecule has 0 saturated heterocycles. The van der Waals surface area contributed by atoms with Crippen molar-refractivity contribution < 1.29 is 0 Å². The van der Waals surface area contributed by atoms with Crippen molar-refractivity contribution in [1.82, 2.24) is 14.8 Å². The Morgan fingerprint density at radius 3 is 2.78 bits per heavy atom. The Kier molecular flexibility index (Phi) is 2.67. The summed E-state index contributed by atoms with van der Waals surface area (Å²) >= 11 is 0. The monoisotopic (exact) mass is 242 g/mol. The van der Waals surface area contributed by atoms with Crippen molar-refractivity contribution in [1.29, 1.82) is 0 Å². The van der Waals surface area contributed by atoms with Crippen LogP contribution in [-0.2, 0) is 6.42 Å². The molecule has 1 aromatic heterocycles. The van der Waals surface area contributed by atoms with Crippen LogP contribution in [0.15, 0.2) is 24.3 Å². The van der Waals surface area contributed by atoms with Crippen molar-refractivity contribution in [2.45, 2.75) is 38.8 Å². The van der Waals surface area contributed by atoms with Crippen molar-refractivity contribution in [3.63, 3.8) is 0 Å². The minimum absolute atomic E-state index is 0.00903. The van der Waals surface area contributed by atoms with Gasteiger partial charge in [0.2, 0.25) is 0 Å². The number of benzene rings is 1. The Bertz CT molecular complexity index is 573. The Hall–Kier alpha value is -1.68. The molecular formula is C14H18N4. The topological polar surface area (TPSA) is 56.7 Å². The molecule has 2 unspecified atom stereocenters. The quantitative estimate of drug-likeness (QED) is 0.833. The maximum Gasteiger partial charge on any atom is 0.147 e. The van der Waals surface area contributed by atoms with Gasteiger partial charge in [-0.05, 0) is 37.8 Å². The summed E-state index contributed by atoms with van der Waals surface area (Å²) in [5.74, 6) is 1.77. The van der Waals surface area contributed by atoms with Crippen LogP contribution in [0.3, 0.4) is 0 Å². The second-order valence-electron chi connectivity index (χ2n) is 4.98. The molecule has 2 aromatic rings. The average molecular weight is 242 g/mol. The fraction of sp³-hybridized carbons (Fsp3) is 0.429. The molecule has 0 aliphatic heterocycles. The molecule has 0 saturated carbocycles. The van der Waals surface area contributed by atoms with Gasteiger partial charge in [-0.1, -0.05) is 24.3 Å². The predicted molar refractivity (Wildman–Crippen MR) is 70.2 cm³/mol. The highest BCUT2D eigenvalue weighted by atomic mass is 15.4. The Labute approximate surface area is 107 Å². The van der Waals surface area contributed by atoms with E-state index in [2.05, 4.69) is 34.3 Å². The summed E-state index contributed by atoms with van der Waals surface area (Å²) in [5, 5.41) is 4.48. The number of nitrogens with zero attached hydrogens (tertiary/aromatic N) is 3. The lowest BCUT2D eigenvalue weighted by Crippen LogP contribution is -2.31. The van der Waals surface area contributed by atoms with E-state index in [4.69, 9.17) is 5.73 Å². The van der Waals surface area contributed by atoms with Gasteiger partial charge in [-0.15, -0.1) is 0 Å². The predicted octanol–water partition coefficient (Wildman–Crippen LogP) is 2.08. The molecule has 0 bridgehead atoms. The number of rotatable bonds is 1. The van der Waals surface area contributed by atoms with Gasteiger partial charge in [0.1, 0.15) is 11.6 Å². The summed E-state index contributed by atoms with van der Waals surface area (Å²) in [6.07, 6.45) is 2.09. The molecule has 1 heterocycles. The molecule has 1 aliphatic rings. The third kappa shape index (κ3) is 1.73. The van der Waals surface area contributed by atoms with Crippen LogP contribution in [0.2, 0.25) is 0 Å². The summed E-state index contributed by atoms with van der Waals surface area (Å²) in [7, 11) is 0. The summed E-state index contributed by atoms with van der Waals surface area (Å²) in [5.41, 5.74) is 9.03. The minimum atomic E-state index is 0.00903. The molecule has 0 spiro atoms. The SMILES string of the molecule is Cc1nc(C)n(C2CCc3ccccc3C2N)n1. The lowest BCUT2D eigenvalue weighted by atomic mass is 9.84. The van der Waals surface area contributed by atoms with Gasteiger partial charge in [0, 0.05) is 0 Å². The van der Waals surface area contributed by atoms with Gasteiger partial charge < -0.3 is 5.73 Å². The van der Waals surface area contributed by atoms with Gasteiger partial charge in [0.25, 0.3) is 0 Å². The van der Waals surface area contributed by atoms with E-state index in [1.165, 1.54) is 11.1 Å². The van der Waals surface area contributed by atoms with Crippen molar-refractivity contribution >= 4 is 0 Å². The Morgan fingerprint density at radius 1 is 1.28 bits per heavy atom. The molecule has 18 heavy (non-hydrogen) atoms. The molecule has 0 amide bonds. The molecule has 4 heteroatoms. The van der Waals surface area contributed by atoms with Crippen LogP contribution in [0.1, 0.15) is 41.3 Å². The fourth-order valence-electron chi connectivity index (χ4n) is 2.90. The van der Waals surface area contributed by atoms with Crippen LogP contribution in [-0.4, -0.2) is 14.8 Å². The number of hydrogen-bond acceptors (Lipinski definition) is 3. The van der Waals surface area contributed by atoms with Crippen molar-refractivity contribution in [3.05, 3.63) is 47.0 Å². The van der Waals surface area contributed by atoms with Crippen LogP contribution in [0.25, 0.3) is 0 Å². The largest absolute Gasteiger partial charge is 0.322 e. The van der Waals surface area contributed by atoms with E-state index in [0.717, 1.165) is 24.5 Å². The second-order valence-corrected chi connectivity index (χ2v) is 4.98. The van der Waals surface area contributed by atoms with Crippen LogP contribution in [0, 0.1) is 13.8 Å². The third-order valence-electron chi connectivity index (χ3n) is 3.76. The van der Waals surface area contributed by atoms with E-state index < -0.39 is 0 Å². The second kappa shape index (κ2) is 4.21. The number of aromatic nitrogens is 3. The van der Waals surface area contributed by atoms with Crippen molar-refractivity contribution in [3.8, 4) is 0 Å².